The van der Waals surface area contributed by atoms with Crippen molar-refractivity contribution in [2.45, 2.75) is 36.5 Å². The van der Waals surface area contributed by atoms with Crippen LogP contribution in [0.3, 0.4) is 0 Å². The Hall–Kier alpha value is -1.82. The van der Waals surface area contributed by atoms with Gasteiger partial charge in [0.1, 0.15) is 0 Å². The lowest BCUT2D eigenvalue weighted by Crippen LogP contribution is -2.30. The fourth-order valence-corrected chi connectivity index (χ4v) is 7.73. The second kappa shape index (κ2) is 6.90. The molecule has 0 radical (unpaired) electrons. The van der Waals surface area contributed by atoms with Crippen molar-refractivity contribution in [2.24, 2.45) is 0 Å². The van der Waals surface area contributed by atoms with E-state index < -0.39 is 10.0 Å². The van der Waals surface area contributed by atoms with Crippen molar-refractivity contribution in [3.05, 3.63) is 76.9 Å². The van der Waals surface area contributed by atoms with Gasteiger partial charge in [-0.1, -0.05) is 49.4 Å². The van der Waals surface area contributed by atoms with E-state index in [4.69, 9.17) is 0 Å². The number of nitrogens with zero attached hydrogens (tertiary/aromatic N) is 1. The van der Waals surface area contributed by atoms with Crippen LogP contribution in [0.5, 0.6) is 0 Å². The van der Waals surface area contributed by atoms with E-state index in [-0.39, 0.29) is 5.37 Å². The molecule has 1 fully saturated rings. The van der Waals surface area contributed by atoms with Crippen molar-refractivity contribution < 1.29 is 8.42 Å². The molecule has 1 heterocycles. The van der Waals surface area contributed by atoms with Crippen LogP contribution >= 0.6 is 11.8 Å². The first-order chi connectivity index (χ1) is 13.6. The Kier molecular flexibility index (Phi) is 4.49. The Morgan fingerprint density at radius 1 is 1.00 bits per heavy atom. The van der Waals surface area contributed by atoms with Crippen molar-refractivity contribution in [3.63, 3.8) is 0 Å². The van der Waals surface area contributed by atoms with Crippen LogP contribution in [-0.2, 0) is 29.3 Å². The Bertz CT molecular complexity index is 1140. The van der Waals surface area contributed by atoms with Gasteiger partial charge in [-0.3, -0.25) is 0 Å². The number of benzene rings is 3. The zero-order chi connectivity index (χ0) is 19.3. The molecule has 1 aliphatic heterocycles. The highest BCUT2D eigenvalue weighted by Crippen LogP contribution is 2.45. The molecule has 2 aliphatic rings. The quantitative estimate of drug-likeness (QED) is 0.613. The number of hydrogen-bond acceptors (Lipinski definition) is 3. The standard InChI is InChI=1S/C23H23NO2S2/c1-2-16-6-11-19(12-7-16)28(25,26)24-14-15-27-23(24)21-13-10-18-9-8-17-4-3-5-20(21)22(17)18/h3-7,10-13,23H,2,8-9,14-15H2,1H3. The van der Waals surface area contributed by atoms with Crippen molar-refractivity contribution in [3.8, 4) is 0 Å². The van der Waals surface area contributed by atoms with Gasteiger partial charge >= 0.3 is 0 Å². The molecule has 1 unspecified atom stereocenters. The van der Waals surface area contributed by atoms with Gasteiger partial charge in [0, 0.05) is 12.3 Å². The molecule has 0 N–H and O–H groups in total. The lowest BCUT2D eigenvalue weighted by Gasteiger charge is -2.25. The lowest BCUT2D eigenvalue weighted by atomic mass is 10.00. The molecular weight excluding hydrogens is 386 g/mol. The predicted molar refractivity (Wildman–Crippen MR) is 116 cm³/mol. The number of hydrogen-bond donors (Lipinski definition) is 0. The van der Waals surface area contributed by atoms with E-state index >= 15 is 0 Å². The lowest BCUT2D eigenvalue weighted by molar-refractivity contribution is 0.435. The molecule has 5 heteroatoms. The van der Waals surface area contributed by atoms with Crippen molar-refractivity contribution >= 4 is 32.6 Å². The highest BCUT2D eigenvalue weighted by atomic mass is 32.2. The van der Waals surface area contributed by atoms with Crippen molar-refractivity contribution in [1.29, 1.82) is 0 Å². The Labute approximate surface area is 170 Å². The second-order valence-electron chi connectivity index (χ2n) is 7.49. The molecule has 0 spiro atoms. The van der Waals surface area contributed by atoms with Gasteiger partial charge in [-0.2, -0.15) is 4.31 Å². The molecule has 0 bridgehead atoms. The number of aryl methyl sites for hydroxylation is 3. The molecule has 3 aromatic rings. The minimum absolute atomic E-state index is 0.166. The van der Waals surface area contributed by atoms with Crippen LogP contribution in [0.15, 0.2) is 59.5 Å². The first-order valence-electron chi connectivity index (χ1n) is 9.85. The Balaban J connectivity index is 1.59. The molecule has 3 nitrogen and oxygen atoms in total. The summed E-state index contributed by atoms with van der Waals surface area (Å²) in [6.07, 6.45) is 3.07. The zero-order valence-corrected chi connectivity index (χ0v) is 17.5. The first-order valence-corrected chi connectivity index (χ1v) is 12.3. The summed E-state index contributed by atoms with van der Waals surface area (Å²) >= 11 is 1.73. The summed E-state index contributed by atoms with van der Waals surface area (Å²) < 4.78 is 28.5. The van der Waals surface area contributed by atoms with Crippen molar-refractivity contribution in [2.75, 3.05) is 12.3 Å². The van der Waals surface area contributed by atoms with Gasteiger partial charge in [0.15, 0.2) is 0 Å². The minimum atomic E-state index is -3.52. The maximum atomic E-state index is 13.4. The van der Waals surface area contributed by atoms with E-state index in [0.29, 0.717) is 11.4 Å². The highest BCUT2D eigenvalue weighted by Gasteiger charge is 2.38. The van der Waals surface area contributed by atoms with Gasteiger partial charge in [-0.15, -0.1) is 11.8 Å². The maximum absolute atomic E-state index is 13.4. The monoisotopic (exact) mass is 409 g/mol. The van der Waals surface area contributed by atoms with E-state index in [1.54, 1.807) is 28.2 Å². The summed E-state index contributed by atoms with van der Waals surface area (Å²) in [6.45, 7) is 2.63. The predicted octanol–water partition coefficient (Wildman–Crippen LogP) is 4.94. The average molecular weight is 410 g/mol. The summed E-state index contributed by atoms with van der Waals surface area (Å²) in [6, 6.07) is 18.2. The molecule has 1 saturated heterocycles. The number of sulfonamides is 1. The van der Waals surface area contributed by atoms with Gasteiger partial charge < -0.3 is 0 Å². The molecular formula is C23H23NO2S2. The average Bonchev–Trinajstić information content (AvgIpc) is 3.37. The third-order valence-electron chi connectivity index (χ3n) is 5.96. The van der Waals surface area contributed by atoms with E-state index in [1.807, 2.05) is 12.1 Å². The largest absolute Gasteiger partial charge is 0.244 e. The van der Waals surface area contributed by atoms with Gasteiger partial charge in [0.2, 0.25) is 10.0 Å². The van der Waals surface area contributed by atoms with Crippen molar-refractivity contribution in [1.82, 2.24) is 4.31 Å². The Morgan fingerprint density at radius 2 is 1.75 bits per heavy atom. The molecule has 3 aromatic carbocycles. The number of rotatable bonds is 4. The van der Waals surface area contributed by atoms with Crippen LogP contribution in [0.2, 0.25) is 0 Å². The fraction of sp³-hybridized carbons (Fsp3) is 0.304. The first kappa shape index (κ1) is 18.2. The van der Waals surface area contributed by atoms with Crippen LogP contribution in [0.25, 0.3) is 10.8 Å². The van der Waals surface area contributed by atoms with Crippen LogP contribution in [0.1, 0.15) is 34.6 Å². The summed E-state index contributed by atoms with van der Waals surface area (Å²) in [5.74, 6) is 0.819. The summed E-state index contributed by atoms with van der Waals surface area (Å²) in [5, 5.41) is 2.39. The summed E-state index contributed by atoms with van der Waals surface area (Å²) in [4.78, 5) is 0.392. The minimum Gasteiger partial charge on any atom is -0.207 e. The molecule has 28 heavy (non-hydrogen) atoms. The van der Waals surface area contributed by atoms with Gasteiger partial charge in [-0.05, 0) is 64.4 Å². The fourth-order valence-electron chi connectivity index (χ4n) is 4.46. The third kappa shape index (κ3) is 2.79. The second-order valence-corrected chi connectivity index (χ2v) is 10.6. The molecule has 0 amide bonds. The topological polar surface area (TPSA) is 37.4 Å². The van der Waals surface area contributed by atoms with Crippen LogP contribution in [-0.4, -0.2) is 25.0 Å². The molecule has 1 aliphatic carbocycles. The van der Waals surface area contributed by atoms with Crippen LogP contribution in [0.4, 0.5) is 0 Å². The molecule has 0 saturated carbocycles. The van der Waals surface area contributed by atoms with Gasteiger partial charge in [0.25, 0.3) is 0 Å². The molecule has 1 atom stereocenters. The maximum Gasteiger partial charge on any atom is 0.244 e. The molecule has 0 aromatic heterocycles. The normalized spacial score (nSPS) is 19.5. The van der Waals surface area contributed by atoms with E-state index in [0.717, 1.165) is 36.1 Å². The molecule has 144 valence electrons. The van der Waals surface area contributed by atoms with Crippen LogP contribution in [0, 0.1) is 0 Å². The SMILES string of the molecule is CCc1ccc(S(=O)(=O)N2CCSC2c2ccc3c4c(cccc24)CC3)cc1. The van der Waals surface area contributed by atoms with E-state index in [2.05, 4.69) is 37.3 Å². The zero-order valence-electron chi connectivity index (χ0n) is 15.9. The molecule has 5 rings (SSSR count). The van der Waals surface area contributed by atoms with E-state index in [1.165, 1.54) is 21.9 Å². The van der Waals surface area contributed by atoms with E-state index in [9.17, 15) is 8.42 Å². The Morgan fingerprint density at radius 3 is 2.50 bits per heavy atom. The smallest absolute Gasteiger partial charge is 0.207 e. The summed E-state index contributed by atoms with van der Waals surface area (Å²) in [7, 11) is -3.52. The number of thioether (sulfide) groups is 1. The highest BCUT2D eigenvalue weighted by molar-refractivity contribution is 8.01. The van der Waals surface area contributed by atoms with Gasteiger partial charge in [0.05, 0.1) is 10.3 Å². The van der Waals surface area contributed by atoms with Crippen LogP contribution < -0.4 is 0 Å². The summed E-state index contributed by atoms with van der Waals surface area (Å²) in [5.41, 5.74) is 5.06. The van der Waals surface area contributed by atoms with Gasteiger partial charge in [-0.25, -0.2) is 8.42 Å². The third-order valence-corrected chi connectivity index (χ3v) is 9.22.